The molecule has 0 saturated heterocycles. The minimum atomic E-state index is 0.574. The van der Waals surface area contributed by atoms with E-state index in [0.717, 1.165) is 17.5 Å². The van der Waals surface area contributed by atoms with E-state index in [2.05, 4.69) is 73.7 Å². The van der Waals surface area contributed by atoms with Gasteiger partial charge in [-0.3, -0.25) is 0 Å². The molecule has 0 aliphatic heterocycles. The number of benzene rings is 3. The van der Waals surface area contributed by atoms with Gasteiger partial charge in [-0.05, 0) is 29.4 Å². The number of aromatic nitrogens is 1. The first kappa shape index (κ1) is 12.8. The summed E-state index contributed by atoms with van der Waals surface area (Å²) in [6.07, 6.45) is 5.65. The third-order valence-corrected chi connectivity index (χ3v) is 5.05. The lowest BCUT2D eigenvalue weighted by molar-refractivity contribution is 0.773. The monoisotopic (exact) mass is 295 g/mol. The Labute approximate surface area is 135 Å². The van der Waals surface area contributed by atoms with Gasteiger partial charge in [0.25, 0.3) is 0 Å². The second kappa shape index (κ2) is 4.66. The molecule has 1 unspecified atom stereocenters. The molecule has 0 amide bonds. The van der Waals surface area contributed by atoms with Crippen LogP contribution in [0, 0.1) is 0 Å². The minimum absolute atomic E-state index is 0.574. The van der Waals surface area contributed by atoms with Crippen molar-refractivity contribution in [2.75, 3.05) is 0 Å². The van der Waals surface area contributed by atoms with Crippen LogP contribution in [0.4, 0.5) is 0 Å². The van der Waals surface area contributed by atoms with Crippen LogP contribution in [-0.2, 0) is 0 Å². The highest BCUT2D eigenvalue weighted by Crippen LogP contribution is 2.35. The van der Waals surface area contributed by atoms with Gasteiger partial charge >= 0.3 is 0 Å². The molecule has 0 spiro atoms. The average Bonchev–Trinajstić information content (AvgIpc) is 2.60. The van der Waals surface area contributed by atoms with Crippen molar-refractivity contribution in [1.29, 1.82) is 0 Å². The third kappa shape index (κ3) is 1.83. The summed E-state index contributed by atoms with van der Waals surface area (Å²) in [6.45, 7) is 2.30. The van der Waals surface area contributed by atoms with Crippen LogP contribution < -0.4 is 0 Å². The maximum Gasteiger partial charge on any atom is 0.0788 e. The predicted molar refractivity (Wildman–Crippen MR) is 98.8 cm³/mol. The number of pyridine rings is 1. The molecule has 4 aromatic rings. The van der Waals surface area contributed by atoms with Crippen molar-refractivity contribution in [3.05, 3.63) is 71.8 Å². The lowest BCUT2D eigenvalue weighted by Gasteiger charge is -2.19. The lowest BCUT2D eigenvalue weighted by Crippen LogP contribution is -2.01. The van der Waals surface area contributed by atoms with Crippen molar-refractivity contribution in [1.82, 2.24) is 4.98 Å². The van der Waals surface area contributed by atoms with Crippen molar-refractivity contribution in [2.45, 2.75) is 19.3 Å². The zero-order chi connectivity index (χ0) is 15.4. The smallest absolute Gasteiger partial charge is 0.0788 e. The van der Waals surface area contributed by atoms with Crippen LogP contribution in [0.5, 0.6) is 0 Å². The largest absolute Gasteiger partial charge is 0.246 e. The summed E-state index contributed by atoms with van der Waals surface area (Å²) in [4.78, 5) is 5.10. The van der Waals surface area contributed by atoms with Gasteiger partial charge in [-0.25, -0.2) is 4.98 Å². The van der Waals surface area contributed by atoms with E-state index < -0.39 is 0 Å². The number of nitrogens with zero attached hydrogens (tertiary/aromatic N) is 1. The fourth-order valence-electron chi connectivity index (χ4n) is 3.80. The van der Waals surface area contributed by atoms with E-state index in [-0.39, 0.29) is 0 Å². The molecule has 1 heteroatoms. The summed E-state index contributed by atoms with van der Waals surface area (Å²) in [5.41, 5.74) is 4.97. The fourth-order valence-corrected chi connectivity index (χ4v) is 3.80. The Balaban J connectivity index is 1.96. The van der Waals surface area contributed by atoms with Crippen LogP contribution in [0.3, 0.4) is 0 Å². The molecule has 1 atom stereocenters. The minimum Gasteiger partial charge on any atom is -0.246 e. The number of hydrogen-bond acceptors (Lipinski definition) is 1. The highest BCUT2D eigenvalue weighted by molar-refractivity contribution is 6.09. The Morgan fingerprint density at radius 1 is 0.870 bits per heavy atom. The zero-order valence-corrected chi connectivity index (χ0v) is 13.1. The van der Waals surface area contributed by atoms with E-state index >= 15 is 0 Å². The Bertz CT molecular complexity index is 1110. The van der Waals surface area contributed by atoms with Gasteiger partial charge < -0.3 is 0 Å². The zero-order valence-electron chi connectivity index (χ0n) is 13.1. The second-order valence-electron chi connectivity index (χ2n) is 6.53. The summed E-state index contributed by atoms with van der Waals surface area (Å²) in [5.74, 6) is 0.574. The molecule has 3 aromatic carbocycles. The van der Waals surface area contributed by atoms with E-state index in [1.165, 1.54) is 32.7 Å². The standard InChI is InChI=1S/C22H17N/c1-14-5-4-8-20-18(14)12-11-17-13-16-10-9-15-6-2-3-7-19(15)21(16)23-22(17)20/h2-4,6-14H,5H2,1H3. The molecule has 110 valence electrons. The van der Waals surface area contributed by atoms with Crippen molar-refractivity contribution in [2.24, 2.45) is 0 Å². The number of allylic oxidation sites excluding steroid dienone is 1. The van der Waals surface area contributed by atoms with Crippen molar-refractivity contribution in [3.8, 4) is 0 Å². The SMILES string of the molecule is CC1CC=Cc2c1ccc1cc3ccc4ccccc4c3nc21. The summed E-state index contributed by atoms with van der Waals surface area (Å²) < 4.78 is 0. The van der Waals surface area contributed by atoms with E-state index in [4.69, 9.17) is 4.98 Å². The third-order valence-electron chi connectivity index (χ3n) is 5.05. The van der Waals surface area contributed by atoms with Crippen molar-refractivity contribution >= 4 is 38.7 Å². The maximum absolute atomic E-state index is 5.10. The maximum atomic E-state index is 5.10. The Morgan fingerprint density at radius 2 is 1.65 bits per heavy atom. The van der Waals surface area contributed by atoms with Crippen LogP contribution in [-0.4, -0.2) is 4.98 Å². The molecule has 5 rings (SSSR count). The van der Waals surface area contributed by atoms with Gasteiger partial charge in [0, 0.05) is 21.7 Å². The molecule has 0 N–H and O–H groups in total. The molecule has 0 bridgehead atoms. The van der Waals surface area contributed by atoms with Gasteiger partial charge in [-0.2, -0.15) is 0 Å². The molecule has 1 aromatic heterocycles. The Morgan fingerprint density at radius 3 is 2.61 bits per heavy atom. The van der Waals surface area contributed by atoms with Gasteiger partial charge in [-0.1, -0.05) is 67.6 Å². The van der Waals surface area contributed by atoms with Gasteiger partial charge in [0.05, 0.1) is 11.0 Å². The second-order valence-corrected chi connectivity index (χ2v) is 6.53. The number of rotatable bonds is 0. The normalized spacial score (nSPS) is 17.0. The van der Waals surface area contributed by atoms with Gasteiger partial charge in [0.2, 0.25) is 0 Å². The van der Waals surface area contributed by atoms with E-state index in [1.54, 1.807) is 0 Å². The first-order valence-electron chi connectivity index (χ1n) is 8.23. The molecule has 1 nitrogen and oxygen atoms in total. The van der Waals surface area contributed by atoms with Crippen LogP contribution in [0.2, 0.25) is 0 Å². The number of hydrogen-bond donors (Lipinski definition) is 0. The molecular formula is C22H17N. The summed E-state index contributed by atoms with van der Waals surface area (Å²) >= 11 is 0. The first-order chi connectivity index (χ1) is 11.3. The van der Waals surface area contributed by atoms with E-state index in [0.29, 0.717) is 5.92 Å². The van der Waals surface area contributed by atoms with Crippen LogP contribution in [0.15, 0.2) is 60.7 Å². The first-order valence-corrected chi connectivity index (χ1v) is 8.23. The summed E-state index contributed by atoms with van der Waals surface area (Å²) in [6, 6.07) is 19.7. The van der Waals surface area contributed by atoms with E-state index in [1.807, 2.05) is 0 Å². The van der Waals surface area contributed by atoms with Crippen LogP contribution in [0.25, 0.3) is 38.7 Å². The van der Waals surface area contributed by atoms with Gasteiger partial charge in [0.15, 0.2) is 0 Å². The van der Waals surface area contributed by atoms with Crippen molar-refractivity contribution in [3.63, 3.8) is 0 Å². The van der Waals surface area contributed by atoms with Crippen LogP contribution >= 0.6 is 0 Å². The highest BCUT2D eigenvalue weighted by atomic mass is 14.7. The fraction of sp³-hybridized carbons (Fsp3) is 0.136. The molecular weight excluding hydrogens is 278 g/mol. The number of fused-ring (bicyclic) bond motifs is 6. The van der Waals surface area contributed by atoms with Gasteiger partial charge in [0.1, 0.15) is 0 Å². The molecule has 0 radical (unpaired) electrons. The summed E-state index contributed by atoms with van der Waals surface area (Å²) in [7, 11) is 0. The molecule has 1 aliphatic rings. The molecule has 1 aliphatic carbocycles. The molecule has 0 saturated carbocycles. The van der Waals surface area contributed by atoms with Gasteiger partial charge in [-0.15, -0.1) is 0 Å². The molecule has 0 fully saturated rings. The summed E-state index contributed by atoms with van der Waals surface area (Å²) in [5, 5.41) is 4.92. The average molecular weight is 295 g/mol. The van der Waals surface area contributed by atoms with Crippen LogP contribution in [0.1, 0.15) is 30.4 Å². The Kier molecular flexibility index (Phi) is 2.60. The topological polar surface area (TPSA) is 12.9 Å². The van der Waals surface area contributed by atoms with E-state index in [9.17, 15) is 0 Å². The van der Waals surface area contributed by atoms with Crippen molar-refractivity contribution < 1.29 is 0 Å². The molecule has 23 heavy (non-hydrogen) atoms. The lowest BCUT2D eigenvalue weighted by atomic mass is 9.87. The quantitative estimate of drug-likeness (QED) is 0.284. The molecule has 1 heterocycles. The Hall–Kier alpha value is -2.67. The highest BCUT2D eigenvalue weighted by Gasteiger charge is 2.16. The predicted octanol–water partition coefficient (Wildman–Crippen LogP) is 6.06.